The number of nitrogens with zero attached hydrogens (tertiary/aromatic N) is 4. The van der Waals surface area contributed by atoms with Gasteiger partial charge in [-0.05, 0) is 42.5 Å². The molecule has 0 aliphatic carbocycles. The van der Waals surface area contributed by atoms with Crippen LogP contribution in [0, 0.1) is 32.8 Å². The summed E-state index contributed by atoms with van der Waals surface area (Å²) in [6.45, 7) is 0.0836. The molecule has 0 unspecified atom stereocenters. The molecule has 1 aromatic heterocycles. The summed E-state index contributed by atoms with van der Waals surface area (Å²) < 4.78 is 10.8. The van der Waals surface area contributed by atoms with Gasteiger partial charge in [0, 0.05) is 24.4 Å². The van der Waals surface area contributed by atoms with Crippen LogP contribution in [-0.2, 0) is 4.79 Å². The van der Waals surface area contributed by atoms with E-state index in [1.807, 2.05) is 12.1 Å². The molecule has 0 saturated heterocycles. The number of anilines is 1. The molecule has 3 aromatic rings. The molecular formula is C24H18N4O5. The van der Waals surface area contributed by atoms with Crippen LogP contribution in [0.15, 0.2) is 70.7 Å². The lowest BCUT2D eigenvalue weighted by atomic mass is 10.1. The van der Waals surface area contributed by atoms with Crippen LogP contribution in [0.4, 0.5) is 11.4 Å². The first-order valence-electron chi connectivity index (χ1n) is 9.76. The van der Waals surface area contributed by atoms with Crippen molar-refractivity contribution in [2.24, 2.45) is 0 Å². The van der Waals surface area contributed by atoms with Crippen molar-refractivity contribution in [3.8, 4) is 29.2 Å². The molecule has 3 rings (SSSR count). The zero-order chi connectivity index (χ0) is 23.8. The van der Waals surface area contributed by atoms with Gasteiger partial charge in [0.15, 0.2) is 0 Å². The number of benzene rings is 2. The summed E-state index contributed by atoms with van der Waals surface area (Å²) in [5.41, 5.74) is 0.437. The Bertz CT molecular complexity index is 1280. The van der Waals surface area contributed by atoms with Crippen molar-refractivity contribution in [2.75, 3.05) is 18.6 Å². The first-order valence-corrected chi connectivity index (χ1v) is 9.76. The highest BCUT2D eigenvalue weighted by Crippen LogP contribution is 2.31. The van der Waals surface area contributed by atoms with E-state index in [4.69, 9.17) is 14.4 Å². The minimum absolute atomic E-state index is 0.0685. The van der Waals surface area contributed by atoms with E-state index in [-0.39, 0.29) is 41.3 Å². The Morgan fingerprint density at radius 3 is 2.52 bits per heavy atom. The maximum atomic E-state index is 13.1. The maximum absolute atomic E-state index is 13.1. The predicted octanol–water partition coefficient (Wildman–Crippen LogP) is 4.72. The largest absolute Gasteiger partial charge is 0.497 e. The van der Waals surface area contributed by atoms with E-state index in [1.165, 1.54) is 36.3 Å². The summed E-state index contributed by atoms with van der Waals surface area (Å²) in [4.78, 5) is 25.2. The smallest absolute Gasteiger partial charge is 0.280 e. The third-order valence-corrected chi connectivity index (χ3v) is 4.71. The first-order chi connectivity index (χ1) is 16.0. The van der Waals surface area contributed by atoms with Gasteiger partial charge in [-0.25, -0.2) is 0 Å². The average Bonchev–Trinajstić information content (AvgIpc) is 3.31. The summed E-state index contributed by atoms with van der Waals surface area (Å²) >= 11 is 0. The Kier molecular flexibility index (Phi) is 7.20. The molecule has 9 nitrogen and oxygen atoms in total. The first kappa shape index (κ1) is 22.8. The fourth-order valence-electron chi connectivity index (χ4n) is 3.12. The highest BCUT2D eigenvalue weighted by Gasteiger charge is 2.22. The minimum atomic E-state index is -0.610. The number of ether oxygens (including phenoxy) is 1. The molecule has 0 aliphatic rings. The van der Waals surface area contributed by atoms with Gasteiger partial charge in [-0.3, -0.25) is 14.9 Å². The maximum Gasteiger partial charge on any atom is 0.280 e. The molecule has 0 bridgehead atoms. The SMILES string of the molecule is COc1ccc(N(CCC#N)C(=O)/C(C#N)=C\c2ccc(-c3ccccc3[N+](=O)[O-])o2)cc1. The second kappa shape index (κ2) is 10.4. The van der Waals surface area contributed by atoms with E-state index < -0.39 is 10.8 Å². The van der Waals surface area contributed by atoms with Crippen molar-refractivity contribution < 1.29 is 18.9 Å². The lowest BCUT2D eigenvalue weighted by Gasteiger charge is -2.21. The van der Waals surface area contributed by atoms with Gasteiger partial charge in [-0.15, -0.1) is 0 Å². The Labute approximate surface area is 189 Å². The van der Waals surface area contributed by atoms with Crippen LogP contribution in [0.25, 0.3) is 17.4 Å². The number of hydrogen-bond donors (Lipinski definition) is 0. The van der Waals surface area contributed by atoms with Gasteiger partial charge in [-0.1, -0.05) is 12.1 Å². The third-order valence-electron chi connectivity index (χ3n) is 4.71. The van der Waals surface area contributed by atoms with Crippen LogP contribution in [-0.4, -0.2) is 24.5 Å². The number of para-hydroxylation sites is 1. The molecule has 0 fully saturated rings. The lowest BCUT2D eigenvalue weighted by Crippen LogP contribution is -2.32. The van der Waals surface area contributed by atoms with E-state index in [9.17, 15) is 20.2 Å². The van der Waals surface area contributed by atoms with Gasteiger partial charge >= 0.3 is 0 Å². The highest BCUT2D eigenvalue weighted by molar-refractivity contribution is 6.11. The number of carbonyl (C=O) groups is 1. The van der Waals surface area contributed by atoms with Gasteiger partial charge in [0.2, 0.25) is 0 Å². The van der Waals surface area contributed by atoms with E-state index >= 15 is 0 Å². The number of rotatable bonds is 8. The molecule has 33 heavy (non-hydrogen) atoms. The lowest BCUT2D eigenvalue weighted by molar-refractivity contribution is -0.384. The minimum Gasteiger partial charge on any atom is -0.497 e. The fraction of sp³-hybridized carbons (Fsp3) is 0.125. The number of nitro benzene ring substituents is 1. The molecule has 1 heterocycles. The monoisotopic (exact) mass is 442 g/mol. The van der Waals surface area contributed by atoms with Crippen LogP contribution in [0.5, 0.6) is 5.75 Å². The Hall–Kier alpha value is -4.89. The predicted molar refractivity (Wildman–Crippen MR) is 120 cm³/mol. The Morgan fingerprint density at radius 1 is 1.15 bits per heavy atom. The van der Waals surface area contributed by atoms with E-state index in [0.717, 1.165) is 0 Å². The summed E-state index contributed by atoms with van der Waals surface area (Å²) in [6, 6.07) is 19.7. The number of methoxy groups -OCH3 is 1. The molecule has 2 aromatic carbocycles. The average molecular weight is 442 g/mol. The van der Waals surface area contributed by atoms with Crippen molar-refractivity contribution >= 4 is 23.4 Å². The van der Waals surface area contributed by atoms with Crippen molar-refractivity contribution in [1.29, 1.82) is 10.5 Å². The van der Waals surface area contributed by atoms with Crippen molar-refractivity contribution in [3.63, 3.8) is 0 Å². The zero-order valence-corrected chi connectivity index (χ0v) is 17.6. The van der Waals surface area contributed by atoms with E-state index in [0.29, 0.717) is 11.4 Å². The van der Waals surface area contributed by atoms with Crippen molar-refractivity contribution in [2.45, 2.75) is 6.42 Å². The van der Waals surface area contributed by atoms with Gasteiger partial charge in [-0.2, -0.15) is 10.5 Å². The van der Waals surface area contributed by atoms with Gasteiger partial charge in [0.1, 0.15) is 28.9 Å². The third kappa shape index (κ3) is 5.24. The molecule has 0 atom stereocenters. The standard InChI is InChI=1S/C24H18N4O5/c1-32-19-9-7-18(8-10-19)27(14-4-13-25)24(29)17(16-26)15-20-11-12-23(33-20)21-5-2-3-6-22(21)28(30)31/h2-3,5-12,15H,4,14H2,1H3/b17-15-. The van der Waals surface area contributed by atoms with Gasteiger partial charge in [0.25, 0.3) is 11.6 Å². The quantitative estimate of drug-likeness (QED) is 0.213. The molecule has 0 N–H and O–H groups in total. The Morgan fingerprint density at radius 2 is 1.88 bits per heavy atom. The summed E-state index contributed by atoms with van der Waals surface area (Å²) in [5, 5.41) is 29.9. The Balaban J connectivity index is 1.93. The fourth-order valence-corrected chi connectivity index (χ4v) is 3.12. The molecule has 164 valence electrons. The molecule has 0 radical (unpaired) electrons. The van der Waals surface area contributed by atoms with Crippen LogP contribution >= 0.6 is 0 Å². The van der Waals surface area contributed by atoms with Gasteiger partial charge < -0.3 is 14.1 Å². The summed E-state index contributed by atoms with van der Waals surface area (Å²) in [6.07, 6.45) is 1.34. The van der Waals surface area contributed by atoms with E-state index in [2.05, 4.69) is 0 Å². The molecule has 0 aliphatic heterocycles. The molecule has 1 amide bonds. The van der Waals surface area contributed by atoms with Crippen LogP contribution < -0.4 is 9.64 Å². The number of carbonyl (C=O) groups excluding carboxylic acids is 1. The number of nitriles is 2. The molecular weight excluding hydrogens is 424 g/mol. The number of furan rings is 1. The van der Waals surface area contributed by atoms with Crippen LogP contribution in [0.3, 0.4) is 0 Å². The number of hydrogen-bond acceptors (Lipinski definition) is 7. The molecule has 9 heteroatoms. The van der Waals surface area contributed by atoms with Crippen LogP contribution in [0.1, 0.15) is 12.2 Å². The number of nitro groups is 1. The second-order valence-electron chi connectivity index (χ2n) is 6.71. The van der Waals surface area contributed by atoms with Gasteiger partial charge in [0.05, 0.1) is 30.1 Å². The van der Waals surface area contributed by atoms with Crippen LogP contribution in [0.2, 0.25) is 0 Å². The van der Waals surface area contributed by atoms with E-state index in [1.54, 1.807) is 42.5 Å². The number of amides is 1. The highest BCUT2D eigenvalue weighted by atomic mass is 16.6. The second-order valence-corrected chi connectivity index (χ2v) is 6.71. The molecule has 0 spiro atoms. The molecule has 0 saturated carbocycles. The van der Waals surface area contributed by atoms with Crippen molar-refractivity contribution in [3.05, 3.63) is 82.1 Å². The summed E-state index contributed by atoms with van der Waals surface area (Å²) in [5.74, 6) is 0.403. The topological polar surface area (TPSA) is 133 Å². The normalized spacial score (nSPS) is 10.7. The summed E-state index contributed by atoms with van der Waals surface area (Å²) in [7, 11) is 1.52. The zero-order valence-electron chi connectivity index (χ0n) is 17.6. The van der Waals surface area contributed by atoms with Crippen molar-refractivity contribution in [1.82, 2.24) is 0 Å².